The molecule has 0 fully saturated rings. The molecule has 90 valence electrons. The van der Waals surface area contributed by atoms with Crippen molar-refractivity contribution in [3.8, 4) is 17.6 Å². The van der Waals surface area contributed by atoms with Crippen LogP contribution in [0.15, 0.2) is 12.1 Å². The van der Waals surface area contributed by atoms with Gasteiger partial charge in [0.1, 0.15) is 0 Å². The maximum atomic E-state index is 8.86. The van der Waals surface area contributed by atoms with Crippen LogP contribution in [0.4, 0.5) is 0 Å². The molecule has 0 amide bonds. The summed E-state index contributed by atoms with van der Waals surface area (Å²) in [5, 5.41) is 8.86. The number of hydrogen-bond donors (Lipinski definition) is 0. The molecule has 17 heavy (non-hydrogen) atoms. The highest BCUT2D eigenvalue weighted by atomic mass is 16.5. The Morgan fingerprint density at radius 3 is 2.76 bits per heavy atom. The lowest BCUT2D eigenvalue weighted by molar-refractivity contribution is 0.295. The lowest BCUT2D eigenvalue weighted by atomic mass is 9.94. The fraction of sp³-hybridized carbons (Fsp3) is 0.500. The molecule has 1 heterocycles. The van der Waals surface area contributed by atoms with E-state index in [1.165, 1.54) is 0 Å². The minimum Gasteiger partial charge on any atom is -0.490 e. The Morgan fingerprint density at radius 2 is 2.06 bits per heavy atom. The summed E-state index contributed by atoms with van der Waals surface area (Å²) < 4.78 is 11.5. The first kappa shape index (κ1) is 11.8. The third-order valence-electron chi connectivity index (χ3n) is 2.89. The highest BCUT2D eigenvalue weighted by molar-refractivity contribution is 5.53. The van der Waals surface area contributed by atoms with Crippen molar-refractivity contribution < 1.29 is 9.47 Å². The summed E-state index contributed by atoms with van der Waals surface area (Å²) in [6, 6.07) is 6.10. The van der Waals surface area contributed by atoms with Gasteiger partial charge in [-0.05, 0) is 17.5 Å². The van der Waals surface area contributed by atoms with Crippen molar-refractivity contribution in [1.82, 2.24) is 0 Å². The van der Waals surface area contributed by atoms with Crippen molar-refractivity contribution in [2.45, 2.75) is 32.6 Å². The summed E-state index contributed by atoms with van der Waals surface area (Å²) in [6.45, 7) is 5.61. The average molecular weight is 231 g/mol. The highest BCUT2D eigenvalue weighted by Crippen LogP contribution is 2.39. The van der Waals surface area contributed by atoms with Crippen LogP contribution >= 0.6 is 0 Å². The molecule has 3 heteroatoms. The topological polar surface area (TPSA) is 42.2 Å². The Hall–Kier alpha value is -1.69. The first-order valence-electron chi connectivity index (χ1n) is 6.02. The number of ether oxygens (including phenoxy) is 2. The Labute approximate surface area is 102 Å². The van der Waals surface area contributed by atoms with Crippen LogP contribution in [0.25, 0.3) is 0 Å². The summed E-state index contributed by atoms with van der Waals surface area (Å²) in [5.74, 6) is 1.98. The largest absolute Gasteiger partial charge is 0.490 e. The van der Waals surface area contributed by atoms with Crippen LogP contribution in [0.2, 0.25) is 0 Å². The van der Waals surface area contributed by atoms with E-state index < -0.39 is 0 Å². The number of nitrogens with zero attached hydrogens (tertiary/aromatic N) is 1. The van der Waals surface area contributed by atoms with E-state index in [4.69, 9.17) is 14.7 Å². The van der Waals surface area contributed by atoms with E-state index >= 15 is 0 Å². The molecule has 0 saturated heterocycles. The molecule has 0 N–H and O–H groups in total. The Kier molecular flexibility index (Phi) is 3.53. The van der Waals surface area contributed by atoms with E-state index in [1.54, 1.807) is 0 Å². The minimum absolute atomic E-state index is 0.329. The first-order chi connectivity index (χ1) is 8.24. The number of nitriles is 1. The number of benzene rings is 1. The summed E-state index contributed by atoms with van der Waals surface area (Å²) >= 11 is 0. The Balaban J connectivity index is 2.52. The molecule has 1 aliphatic heterocycles. The van der Waals surface area contributed by atoms with Gasteiger partial charge in [0, 0.05) is 12.0 Å². The SMILES string of the molecule is CC(C)c1c(CC#N)ccc2c1OCCCO2. The molecule has 0 saturated carbocycles. The molecule has 0 radical (unpaired) electrons. The van der Waals surface area contributed by atoms with Gasteiger partial charge in [0.2, 0.25) is 0 Å². The van der Waals surface area contributed by atoms with Gasteiger partial charge in [0.25, 0.3) is 0 Å². The second-order valence-electron chi connectivity index (χ2n) is 4.51. The van der Waals surface area contributed by atoms with Crippen LogP contribution in [-0.4, -0.2) is 13.2 Å². The first-order valence-corrected chi connectivity index (χ1v) is 6.02. The molecule has 1 aromatic rings. The third kappa shape index (κ3) is 2.36. The van der Waals surface area contributed by atoms with Gasteiger partial charge in [-0.1, -0.05) is 19.9 Å². The molecule has 0 atom stereocenters. The maximum Gasteiger partial charge on any atom is 0.164 e. The van der Waals surface area contributed by atoms with Gasteiger partial charge in [-0.3, -0.25) is 0 Å². The minimum atomic E-state index is 0.329. The summed E-state index contributed by atoms with van der Waals surface area (Å²) in [7, 11) is 0. The summed E-state index contributed by atoms with van der Waals surface area (Å²) in [4.78, 5) is 0. The van der Waals surface area contributed by atoms with E-state index in [2.05, 4.69) is 19.9 Å². The van der Waals surface area contributed by atoms with Gasteiger partial charge < -0.3 is 9.47 Å². The second kappa shape index (κ2) is 5.09. The standard InChI is InChI=1S/C14H17NO2/c1-10(2)13-11(6-7-15)4-5-12-14(13)17-9-3-8-16-12/h4-5,10H,3,6,8-9H2,1-2H3. The zero-order valence-corrected chi connectivity index (χ0v) is 10.3. The summed E-state index contributed by atoms with van der Waals surface area (Å²) in [5.41, 5.74) is 2.16. The molecule has 0 aromatic heterocycles. The van der Waals surface area contributed by atoms with E-state index in [9.17, 15) is 0 Å². The Morgan fingerprint density at radius 1 is 1.29 bits per heavy atom. The smallest absolute Gasteiger partial charge is 0.164 e. The van der Waals surface area contributed by atoms with E-state index in [0.717, 1.165) is 29.0 Å². The fourth-order valence-electron chi connectivity index (χ4n) is 2.17. The van der Waals surface area contributed by atoms with Crippen LogP contribution in [0.1, 0.15) is 37.3 Å². The maximum absolute atomic E-state index is 8.86. The van der Waals surface area contributed by atoms with Gasteiger partial charge in [-0.2, -0.15) is 5.26 Å². The van der Waals surface area contributed by atoms with Crippen molar-refractivity contribution in [2.24, 2.45) is 0 Å². The number of rotatable bonds is 2. The third-order valence-corrected chi connectivity index (χ3v) is 2.89. The zero-order valence-electron chi connectivity index (χ0n) is 10.3. The van der Waals surface area contributed by atoms with Crippen LogP contribution in [0.5, 0.6) is 11.5 Å². The lowest BCUT2D eigenvalue weighted by Crippen LogP contribution is -2.03. The van der Waals surface area contributed by atoms with E-state index in [0.29, 0.717) is 25.6 Å². The predicted octanol–water partition coefficient (Wildman–Crippen LogP) is 3.04. The van der Waals surface area contributed by atoms with Crippen molar-refractivity contribution in [1.29, 1.82) is 5.26 Å². The van der Waals surface area contributed by atoms with Crippen molar-refractivity contribution >= 4 is 0 Å². The van der Waals surface area contributed by atoms with E-state index in [-0.39, 0.29) is 0 Å². The molecular formula is C14H17NO2. The van der Waals surface area contributed by atoms with Crippen molar-refractivity contribution in [2.75, 3.05) is 13.2 Å². The fourth-order valence-corrected chi connectivity index (χ4v) is 2.17. The number of hydrogen-bond acceptors (Lipinski definition) is 3. The predicted molar refractivity (Wildman–Crippen MR) is 65.5 cm³/mol. The number of fused-ring (bicyclic) bond motifs is 1. The zero-order chi connectivity index (χ0) is 12.3. The van der Waals surface area contributed by atoms with Crippen LogP contribution in [0, 0.1) is 11.3 Å². The molecule has 0 spiro atoms. The van der Waals surface area contributed by atoms with Gasteiger partial charge in [0.05, 0.1) is 25.7 Å². The molecule has 2 rings (SSSR count). The van der Waals surface area contributed by atoms with Crippen LogP contribution in [0.3, 0.4) is 0 Å². The monoisotopic (exact) mass is 231 g/mol. The van der Waals surface area contributed by atoms with Gasteiger partial charge >= 0.3 is 0 Å². The van der Waals surface area contributed by atoms with Gasteiger partial charge in [-0.25, -0.2) is 0 Å². The molecule has 3 nitrogen and oxygen atoms in total. The van der Waals surface area contributed by atoms with Crippen LogP contribution < -0.4 is 9.47 Å². The highest BCUT2D eigenvalue weighted by Gasteiger charge is 2.20. The average Bonchev–Trinajstić information content (AvgIpc) is 2.53. The molecule has 0 unspecified atom stereocenters. The van der Waals surface area contributed by atoms with Crippen LogP contribution in [-0.2, 0) is 6.42 Å². The van der Waals surface area contributed by atoms with Crippen molar-refractivity contribution in [3.63, 3.8) is 0 Å². The molecular weight excluding hydrogens is 214 g/mol. The van der Waals surface area contributed by atoms with Crippen molar-refractivity contribution in [3.05, 3.63) is 23.3 Å². The molecule has 0 bridgehead atoms. The lowest BCUT2D eigenvalue weighted by Gasteiger charge is -2.18. The summed E-state index contributed by atoms with van der Waals surface area (Å²) in [6.07, 6.45) is 1.32. The van der Waals surface area contributed by atoms with E-state index in [1.807, 2.05) is 12.1 Å². The van der Waals surface area contributed by atoms with Gasteiger partial charge in [-0.15, -0.1) is 0 Å². The quantitative estimate of drug-likeness (QED) is 0.785. The molecule has 0 aliphatic carbocycles. The Bertz CT molecular complexity index is 446. The molecule has 1 aliphatic rings. The van der Waals surface area contributed by atoms with Gasteiger partial charge in [0.15, 0.2) is 11.5 Å². The second-order valence-corrected chi connectivity index (χ2v) is 4.51. The normalized spacial score (nSPS) is 14.2. The molecule has 1 aromatic carbocycles.